The van der Waals surface area contributed by atoms with E-state index in [1.165, 1.54) is 0 Å². The first-order chi connectivity index (χ1) is 6.33. The smallest absolute Gasteiger partial charge is 0.212 e. The molecule has 0 saturated carbocycles. The molecule has 0 unspecified atom stereocenters. The number of Topliss-reactive ketones (excluding diaryl/α,β-unsaturated/α-hetero) is 1. The highest BCUT2D eigenvalue weighted by molar-refractivity contribution is 6.46. The second-order valence-electron chi connectivity index (χ2n) is 2.87. The summed E-state index contributed by atoms with van der Waals surface area (Å²) in [5, 5.41) is 11.5. The zero-order valence-corrected chi connectivity index (χ0v) is 6.90. The first kappa shape index (κ1) is 7.91. The lowest BCUT2D eigenvalue weighted by atomic mass is 9.93. The Hall–Kier alpha value is -1.71. The molecule has 0 saturated heterocycles. The number of ketones is 1. The van der Waals surface area contributed by atoms with Gasteiger partial charge in [-0.3, -0.25) is 9.78 Å². The number of carbonyl (C=O) groups is 1. The zero-order chi connectivity index (χ0) is 9.26. The first-order valence-corrected chi connectivity index (χ1v) is 4.02. The molecule has 0 bridgehead atoms. The van der Waals surface area contributed by atoms with Crippen LogP contribution in [0.1, 0.15) is 22.5 Å². The topological polar surface area (TPSA) is 62.5 Å². The van der Waals surface area contributed by atoms with Crippen LogP contribution in [-0.4, -0.2) is 21.7 Å². The molecule has 0 spiro atoms. The number of hydrogen-bond donors (Lipinski definition) is 1. The number of nitrogens with zero attached hydrogens (tertiary/aromatic N) is 2. The van der Waals surface area contributed by atoms with Crippen LogP contribution in [0.3, 0.4) is 0 Å². The third-order valence-electron chi connectivity index (χ3n) is 2.12. The molecule has 4 heteroatoms. The Morgan fingerprint density at radius 2 is 2.31 bits per heavy atom. The van der Waals surface area contributed by atoms with Crippen molar-refractivity contribution in [1.29, 1.82) is 0 Å². The maximum Gasteiger partial charge on any atom is 0.212 e. The van der Waals surface area contributed by atoms with E-state index in [0.717, 1.165) is 5.69 Å². The molecule has 0 radical (unpaired) electrons. The molecule has 0 atom stereocenters. The van der Waals surface area contributed by atoms with E-state index in [2.05, 4.69) is 10.1 Å². The largest absolute Gasteiger partial charge is 0.411 e. The maximum atomic E-state index is 11.5. The number of carbonyl (C=O) groups excluding carboxylic acids is 1. The normalized spacial score (nSPS) is 18.8. The molecular weight excluding hydrogens is 168 g/mol. The second-order valence-corrected chi connectivity index (χ2v) is 2.87. The van der Waals surface area contributed by atoms with Gasteiger partial charge in [0.05, 0.1) is 5.69 Å². The average Bonchev–Trinajstić information content (AvgIpc) is 2.19. The van der Waals surface area contributed by atoms with Crippen molar-refractivity contribution in [2.45, 2.75) is 12.8 Å². The van der Waals surface area contributed by atoms with Gasteiger partial charge < -0.3 is 5.21 Å². The van der Waals surface area contributed by atoms with Crippen molar-refractivity contribution < 1.29 is 10.0 Å². The predicted molar refractivity (Wildman–Crippen MR) is 46.1 cm³/mol. The Balaban J connectivity index is 2.51. The maximum absolute atomic E-state index is 11.5. The van der Waals surface area contributed by atoms with Crippen molar-refractivity contribution >= 4 is 11.5 Å². The van der Waals surface area contributed by atoms with Crippen LogP contribution < -0.4 is 0 Å². The van der Waals surface area contributed by atoms with Crippen molar-refractivity contribution in [3.63, 3.8) is 0 Å². The number of aryl methyl sites for hydroxylation is 1. The summed E-state index contributed by atoms with van der Waals surface area (Å²) in [5.74, 6) is -0.211. The van der Waals surface area contributed by atoms with Crippen molar-refractivity contribution in [3.05, 3.63) is 29.6 Å². The van der Waals surface area contributed by atoms with Crippen molar-refractivity contribution in [2.75, 3.05) is 0 Å². The molecule has 1 aromatic heterocycles. The van der Waals surface area contributed by atoms with Crippen LogP contribution in [0.5, 0.6) is 0 Å². The number of hydrogen-bond acceptors (Lipinski definition) is 4. The summed E-state index contributed by atoms with van der Waals surface area (Å²) in [4.78, 5) is 15.6. The van der Waals surface area contributed by atoms with E-state index < -0.39 is 0 Å². The van der Waals surface area contributed by atoms with Crippen molar-refractivity contribution in [2.24, 2.45) is 5.16 Å². The fraction of sp³-hybridized carbons (Fsp3) is 0.222. The van der Waals surface area contributed by atoms with E-state index in [1.54, 1.807) is 18.3 Å². The van der Waals surface area contributed by atoms with Crippen LogP contribution in [0.15, 0.2) is 23.5 Å². The van der Waals surface area contributed by atoms with Gasteiger partial charge in [0.1, 0.15) is 5.71 Å². The number of aromatic nitrogens is 1. The lowest BCUT2D eigenvalue weighted by Crippen LogP contribution is -2.23. The van der Waals surface area contributed by atoms with Gasteiger partial charge in [0.25, 0.3) is 0 Å². The van der Waals surface area contributed by atoms with Gasteiger partial charge in [-0.25, -0.2) is 0 Å². The number of oxime groups is 1. The van der Waals surface area contributed by atoms with Gasteiger partial charge in [-0.2, -0.15) is 0 Å². The Kier molecular flexibility index (Phi) is 1.81. The SMILES string of the molecule is O=C1/C(=N\O)CCc2ncccc21. The second kappa shape index (κ2) is 2.97. The molecule has 1 N–H and O–H groups in total. The standard InChI is InChI=1S/C9H8N2O2/c12-9-6-2-1-5-10-7(6)3-4-8(9)11-13/h1-2,5,13H,3-4H2/b11-8-. The zero-order valence-electron chi connectivity index (χ0n) is 6.90. The highest BCUT2D eigenvalue weighted by Crippen LogP contribution is 2.16. The molecule has 1 aliphatic carbocycles. The lowest BCUT2D eigenvalue weighted by Gasteiger charge is -2.13. The molecule has 1 heterocycles. The summed E-state index contributed by atoms with van der Waals surface area (Å²) in [6.07, 6.45) is 2.80. The summed E-state index contributed by atoms with van der Waals surface area (Å²) in [5.41, 5.74) is 1.57. The third kappa shape index (κ3) is 1.20. The van der Waals surface area contributed by atoms with E-state index in [9.17, 15) is 4.79 Å². The first-order valence-electron chi connectivity index (χ1n) is 4.02. The molecule has 0 aromatic carbocycles. The van der Waals surface area contributed by atoms with Crippen LogP contribution in [0.25, 0.3) is 0 Å². The van der Waals surface area contributed by atoms with Gasteiger partial charge in [0, 0.05) is 18.2 Å². The van der Waals surface area contributed by atoms with Gasteiger partial charge in [-0.15, -0.1) is 0 Å². The van der Waals surface area contributed by atoms with Crippen molar-refractivity contribution in [3.8, 4) is 0 Å². The summed E-state index contributed by atoms with van der Waals surface area (Å²) in [7, 11) is 0. The van der Waals surface area contributed by atoms with Gasteiger partial charge in [-0.05, 0) is 18.6 Å². The minimum atomic E-state index is -0.211. The van der Waals surface area contributed by atoms with E-state index in [-0.39, 0.29) is 11.5 Å². The molecule has 0 aliphatic heterocycles. The molecule has 4 nitrogen and oxygen atoms in total. The Bertz CT molecular complexity index is 385. The number of fused-ring (bicyclic) bond motifs is 1. The molecule has 1 aliphatic rings. The Morgan fingerprint density at radius 3 is 3.08 bits per heavy atom. The van der Waals surface area contributed by atoms with Gasteiger partial charge >= 0.3 is 0 Å². The number of rotatable bonds is 0. The molecule has 2 rings (SSSR count). The van der Waals surface area contributed by atoms with Crippen LogP contribution in [0.2, 0.25) is 0 Å². The fourth-order valence-electron chi connectivity index (χ4n) is 1.45. The predicted octanol–water partition coefficient (Wildman–Crippen LogP) is 1.04. The van der Waals surface area contributed by atoms with Gasteiger partial charge in [0.15, 0.2) is 0 Å². The molecule has 0 fully saturated rings. The third-order valence-corrected chi connectivity index (χ3v) is 2.12. The molecular formula is C9H8N2O2. The quantitative estimate of drug-likeness (QED) is 0.474. The minimum absolute atomic E-state index is 0.211. The molecule has 1 aromatic rings. The van der Waals surface area contributed by atoms with E-state index in [0.29, 0.717) is 18.4 Å². The summed E-state index contributed by atoms with van der Waals surface area (Å²) < 4.78 is 0. The number of pyridine rings is 1. The fourth-order valence-corrected chi connectivity index (χ4v) is 1.45. The average molecular weight is 176 g/mol. The van der Waals surface area contributed by atoms with E-state index in [4.69, 9.17) is 5.21 Å². The van der Waals surface area contributed by atoms with E-state index in [1.807, 2.05) is 0 Å². The highest BCUT2D eigenvalue weighted by Gasteiger charge is 2.23. The summed E-state index contributed by atoms with van der Waals surface area (Å²) >= 11 is 0. The summed E-state index contributed by atoms with van der Waals surface area (Å²) in [6.45, 7) is 0. The molecule has 66 valence electrons. The monoisotopic (exact) mass is 176 g/mol. The van der Waals surface area contributed by atoms with Crippen LogP contribution in [0, 0.1) is 0 Å². The van der Waals surface area contributed by atoms with E-state index >= 15 is 0 Å². The summed E-state index contributed by atoms with van der Waals surface area (Å²) in [6, 6.07) is 3.41. The van der Waals surface area contributed by atoms with Gasteiger partial charge in [-0.1, -0.05) is 5.16 Å². The molecule has 0 amide bonds. The Labute approximate surface area is 74.9 Å². The van der Waals surface area contributed by atoms with Crippen LogP contribution in [-0.2, 0) is 6.42 Å². The van der Waals surface area contributed by atoms with Crippen molar-refractivity contribution in [1.82, 2.24) is 4.98 Å². The highest BCUT2D eigenvalue weighted by atomic mass is 16.4. The lowest BCUT2D eigenvalue weighted by molar-refractivity contribution is 0.105. The van der Waals surface area contributed by atoms with Crippen LogP contribution in [0.4, 0.5) is 0 Å². The van der Waals surface area contributed by atoms with Crippen LogP contribution >= 0.6 is 0 Å². The minimum Gasteiger partial charge on any atom is -0.411 e. The van der Waals surface area contributed by atoms with Gasteiger partial charge in [0.2, 0.25) is 5.78 Å². The Morgan fingerprint density at radius 1 is 1.46 bits per heavy atom. The molecule has 13 heavy (non-hydrogen) atoms.